The van der Waals surface area contributed by atoms with Crippen molar-refractivity contribution in [3.63, 3.8) is 0 Å². The van der Waals surface area contributed by atoms with E-state index in [1.165, 1.54) is 13.2 Å². The van der Waals surface area contributed by atoms with Gasteiger partial charge in [0.15, 0.2) is 5.71 Å². The molecule has 0 aliphatic heterocycles. The molecule has 29 heavy (non-hydrogen) atoms. The van der Waals surface area contributed by atoms with Crippen molar-refractivity contribution >= 4 is 11.7 Å². The molecular formula is C20H21F3N2O4. The zero-order valence-electron chi connectivity index (χ0n) is 15.9. The molecule has 156 valence electrons. The first-order valence-corrected chi connectivity index (χ1v) is 8.64. The summed E-state index contributed by atoms with van der Waals surface area (Å²) in [6, 6.07) is 11.2. The Bertz CT molecular complexity index is 869. The van der Waals surface area contributed by atoms with Gasteiger partial charge < -0.3 is 9.84 Å². The highest BCUT2D eigenvalue weighted by Crippen LogP contribution is 2.30. The number of benzene rings is 2. The minimum absolute atomic E-state index is 0.000910. The average Bonchev–Trinajstić information content (AvgIpc) is 2.71. The van der Waals surface area contributed by atoms with Crippen LogP contribution in [-0.2, 0) is 27.2 Å². The molecule has 0 amide bonds. The van der Waals surface area contributed by atoms with Gasteiger partial charge in [-0.2, -0.15) is 18.7 Å². The number of aliphatic hydroxyl groups excluding tert-OH is 1. The molecular weight excluding hydrogens is 389 g/mol. The Hall–Kier alpha value is -2.75. The molecule has 9 heteroatoms. The number of ether oxygens (including phenoxy) is 1. The Labute approximate surface area is 165 Å². The summed E-state index contributed by atoms with van der Waals surface area (Å²) < 4.78 is 43.3. The lowest BCUT2D eigenvalue weighted by molar-refractivity contribution is -0.137. The standard InChI is InChI=1S/C20H21F3N2O4/c1-13(14-7-5-8-16(10-14)20(21,22)23)25-29-11-15-6-3-4-9-17(15)18(24-12-26)19(27)28-2/h3-10,13,25-26H,11-12H2,1-2H3/b24-18+. The second-order valence-corrected chi connectivity index (χ2v) is 6.05. The third kappa shape index (κ3) is 6.11. The van der Waals surface area contributed by atoms with Crippen LogP contribution in [0.5, 0.6) is 0 Å². The van der Waals surface area contributed by atoms with E-state index in [-0.39, 0.29) is 12.3 Å². The molecule has 2 aromatic carbocycles. The molecule has 0 spiro atoms. The number of carbonyl (C=O) groups is 1. The van der Waals surface area contributed by atoms with Gasteiger partial charge in [0.05, 0.1) is 25.3 Å². The van der Waals surface area contributed by atoms with Crippen LogP contribution in [0, 0.1) is 0 Å². The van der Waals surface area contributed by atoms with Gasteiger partial charge in [-0.25, -0.2) is 9.79 Å². The van der Waals surface area contributed by atoms with Crippen molar-refractivity contribution in [3.05, 3.63) is 70.8 Å². The fraction of sp³-hybridized carbons (Fsp3) is 0.300. The molecule has 1 unspecified atom stereocenters. The Morgan fingerprint density at radius 2 is 1.93 bits per heavy atom. The highest BCUT2D eigenvalue weighted by Gasteiger charge is 2.30. The van der Waals surface area contributed by atoms with Gasteiger partial charge in [-0.05, 0) is 30.2 Å². The number of nitrogens with zero attached hydrogens (tertiary/aromatic N) is 1. The number of rotatable bonds is 8. The molecule has 0 aliphatic rings. The van der Waals surface area contributed by atoms with Crippen LogP contribution in [0.4, 0.5) is 13.2 Å². The largest absolute Gasteiger partial charge is 0.464 e. The minimum Gasteiger partial charge on any atom is -0.464 e. The van der Waals surface area contributed by atoms with Crippen LogP contribution in [-0.4, -0.2) is 30.6 Å². The predicted molar refractivity (Wildman–Crippen MR) is 99.9 cm³/mol. The summed E-state index contributed by atoms with van der Waals surface area (Å²) in [5, 5.41) is 9.07. The van der Waals surface area contributed by atoms with E-state index in [0.29, 0.717) is 16.7 Å². The van der Waals surface area contributed by atoms with Crippen molar-refractivity contribution in [2.24, 2.45) is 4.99 Å². The Morgan fingerprint density at radius 1 is 1.21 bits per heavy atom. The van der Waals surface area contributed by atoms with E-state index in [2.05, 4.69) is 15.2 Å². The van der Waals surface area contributed by atoms with Crippen LogP contribution in [0.25, 0.3) is 0 Å². The number of halogens is 3. The summed E-state index contributed by atoms with van der Waals surface area (Å²) in [5.74, 6) is -0.711. The minimum atomic E-state index is -4.42. The number of methoxy groups -OCH3 is 1. The number of esters is 1. The third-order valence-electron chi connectivity index (χ3n) is 4.08. The Morgan fingerprint density at radius 3 is 2.59 bits per heavy atom. The quantitative estimate of drug-likeness (QED) is 0.396. The van der Waals surface area contributed by atoms with Gasteiger partial charge in [-0.3, -0.25) is 4.84 Å². The predicted octanol–water partition coefficient (Wildman–Crippen LogP) is 3.40. The molecule has 0 aromatic heterocycles. The van der Waals surface area contributed by atoms with E-state index < -0.39 is 30.5 Å². The fourth-order valence-electron chi connectivity index (χ4n) is 2.60. The second-order valence-electron chi connectivity index (χ2n) is 6.05. The molecule has 0 saturated heterocycles. The lowest BCUT2D eigenvalue weighted by atomic mass is 10.0. The smallest absolute Gasteiger partial charge is 0.416 e. The highest BCUT2D eigenvalue weighted by molar-refractivity contribution is 6.43. The molecule has 0 heterocycles. The van der Waals surface area contributed by atoms with Crippen molar-refractivity contribution in [2.45, 2.75) is 25.7 Å². The summed E-state index contributed by atoms with van der Waals surface area (Å²) >= 11 is 0. The van der Waals surface area contributed by atoms with E-state index in [1.54, 1.807) is 37.3 Å². The van der Waals surface area contributed by atoms with E-state index in [9.17, 15) is 18.0 Å². The number of nitrogens with one attached hydrogen (secondary N) is 1. The third-order valence-corrected chi connectivity index (χ3v) is 4.08. The zero-order chi connectivity index (χ0) is 21.4. The Kier molecular flexibility index (Phi) is 7.89. The molecule has 2 rings (SSSR count). The van der Waals surface area contributed by atoms with Gasteiger partial charge in [-0.15, -0.1) is 0 Å². The van der Waals surface area contributed by atoms with Crippen LogP contribution in [0.1, 0.15) is 35.2 Å². The molecule has 1 atom stereocenters. The zero-order valence-corrected chi connectivity index (χ0v) is 15.9. The van der Waals surface area contributed by atoms with Crippen molar-refractivity contribution in [2.75, 3.05) is 13.8 Å². The molecule has 2 aromatic rings. The maximum Gasteiger partial charge on any atom is 0.416 e. The van der Waals surface area contributed by atoms with E-state index in [0.717, 1.165) is 12.1 Å². The summed E-state index contributed by atoms with van der Waals surface area (Å²) in [6.45, 7) is 1.07. The maximum absolute atomic E-state index is 12.9. The first-order valence-electron chi connectivity index (χ1n) is 8.64. The summed E-state index contributed by atoms with van der Waals surface area (Å²) in [7, 11) is 1.20. The van der Waals surface area contributed by atoms with E-state index in [1.807, 2.05) is 0 Å². The van der Waals surface area contributed by atoms with E-state index in [4.69, 9.17) is 9.94 Å². The molecule has 0 bridgehead atoms. The fourth-order valence-corrected chi connectivity index (χ4v) is 2.60. The SMILES string of the molecule is COC(=O)/C(=N/CO)c1ccccc1CONC(C)c1cccc(C(F)(F)F)c1. The number of hydrogen-bond donors (Lipinski definition) is 2. The molecule has 0 fully saturated rings. The van der Waals surface area contributed by atoms with Crippen molar-refractivity contribution in [1.82, 2.24) is 5.48 Å². The first kappa shape index (κ1) is 22.5. The van der Waals surface area contributed by atoms with E-state index >= 15 is 0 Å². The molecule has 0 saturated carbocycles. The number of carbonyl (C=O) groups excluding carboxylic acids is 1. The van der Waals surface area contributed by atoms with Gasteiger partial charge in [0, 0.05) is 5.56 Å². The number of hydroxylamine groups is 1. The van der Waals surface area contributed by atoms with Crippen molar-refractivity contribution in [1.29, 1.82) is 0 Å². The van der Waals surface area contributed by atoms with Gasteiger partial charge in [-0.1, -0.05) is 36.4 Å². The summed E-state index contributed by atoms with van der Waals surface area (Å²) in [5.41, 5.74) is 3.30. The first-order chi connectivity index (χ1) is 13.8. The van der Waals surface area contributed by atoms with Gasteiger partial charge in [0.2, 0.25) is 0 Å². The number of aliphatic imine (C=N–C) groups is 1. The highest BCUT2D eigenvalue weighted by atomic mass is 19.4. The number of aliphatic hydroxyl groups is 1. The van der Waals surface area contributed by atoms with Crippen LogP contribution in [0.15, 0.2) is 53.5 Å². The van der Waals surface area contributed by atoms with Crippen LogP contribution in [0.2, 0.25) is 0 Å². The second kappa shape index (κ2) is 10.1. The molecule has 6 nitrogen and oxygen atoms in total. The maximum atomic E-state index is 12.9. The average molecular weight is 410 g/mol. The number of alkyl halides is 3. The van der Waals surface area contributed by atoms with Crippen LogP contribution < -0.4 is 5.48 Å². The molecule has 2 N–H and O–H groups in total. The topological polar surface area (TPSA) is 80.2 Å². The van der Waals surface area contributed by atoms with Crippen LogP contribution >= 0.6 is 0 Å². The normalized spacial score (nSPS) is 13.2. The monoisotopic (exact) mass is 410 g/mol. The molecule has 0 radical (unpaired) electrons. The Balaban J connectivity index is 2.10. The van der Waals surface area contributed by atoms with Crippen molar-refractivity contribution < 1.29 is 32.6 Å². The lowest BCUT2D eigenvalue weighted by Crippen LogP contribution is -2.22. The van der Waals surface area contributed by atoms with Gasteiger partial charge in [0.25, 0.3) is 0 Å². The number of hydrogen-bond acceptors (Lipinski definition) is 6. The molecule has 0 aliphatic carbocycles. The van der Waals surface area contributed by atoms with Gasteiger partial charge >= 0.3 is 12.1 Å². The lowest BCUT2D eigenvalue weighted by Gasteiger charge is -2.17. The summed E-state index contributed by atoms with van der Waals surface area (Å²) in [4.78, 5) is 21.1. The van der Waals surface area contributed by atoms with Gasteiger partial charge in [0.1, 0.15) is 6.73 Å². The summed E-state index contributed by atoms with van der Waals surface area (Å²) in [6.07, 6.45) is -4.42. The van der Waals surface area contributed by atoms with Crippen molar-refractivity contribution in [3.8, 4) is 0 Å². The van der Waals surface area contributed by atoms with Crippen LogP contribution in [0.3, 0.4) is 0 Å².